The molecule has 8 heteroatoms. The number of nitrogens with zero attached hydrogens (tertiary/aromatic N) is 4. The highest BCUT2D eigenvalue weighted by molar-refractivity contribution is 7.99. The van der Waals surface area contributed by atoms with Gasteiger partial charge in [-0.1, -0.05) is 30.0 Å². The molecule has 4 rings (SSSR count). The molecule has 2 heterocycles. The minimum atomic E-state index is 0.0176. The predicted molar refractivity (Wildman–Crippen MR) is 133 cm³/mol. The van der Waals surface area contributed by atoms with Gasteiger partial charge in [0.15, 0.2) is 16.7 Å². The third-order valence-electron chi connectivity index (χ3n) is 5.09. The number of amides is 1. The molecule has 0 spiro atoms. The smallest absolute Gasteiger partial charge is 0.237 e. The van der Waals surface area contributed by atoms with Gasteiger partial charge < -0.3 is 14.6 Å². The van der Waals surface area contributed by atoms with Crippen molar-refractivity contribution in [3.63, 3.8) is 0 Å². The highest BCUT2D eigenvalue weighted by Gasteiger charge is 2.22. The Morgan fingerprint density at radius 1 is 1.03 bits per heavy atom. The highest BCUT2D eigenvalue weighted by atomic mass is 32.2. The van der Waals surface area contributed by atoms with Crippen LogP contribution in [0.5, 0.6) is 0 Å². The van der Waals surface area contributed by atoms with Crippen molar-refractivity contribution >= 4 is 34.7 Å². The van der Waals surface area contributed by atoms with Gasteiger partial charge in [-0.15, -0.1) is 10.2 Å². The van der Waals surface area contributed by atoms with E-state index in [1.165, 1.54) is 11.8 Å². The summed E-state index contributed by atoms with van der Waals surface area (Å²) in [5.41, 5.74) is 2.85. The first-order valence-electron chi connectivity index (χ1n) is 10.9. The molecule has 0 aliphatic carbocycles. The van der Waals surface area contributed by atoms with Gasteiger partial charge in [0.1, 0.15) is 0 Å². The second kappa shape index (κ2) is 10.4. The number of nitrogens with one attached hydrogen (secondary N) is 1. The Bertz CT molecular complexity index is 1170. The molecule has 0 fully saturated rings. The lowest BCUT2D eigenvalue weighted by Crippen LogP contribution is -2.38. The first kappa shape index (κ1) is 22.7. The number of hydrogen-bond acceptors (Lipinski definition) is 6. The second-order valence-electron chi connectivity index (χ2n) is 7.71. The summed E-state index contributed by atoms with van der Waals surface area (Å²) in [5, 5.41) is 12.6. The van der Waals surface area contributed by atoms with Gasteiger partial charge in [0.2, 0.25) is 5.91 Å². The number of para-hydroxylation sites is 1. The van der Waals surface area contributed by atoms with Crippen molar-refractivity contribution in [2.45, 2.75) is 38.5 Å². The minimum Gasteiger partial charge on any atom is -0.461 e. The summed E-state index contributed by atoms with van der Waals surface area (Å²) in [6.07, 6.45) is 1.61. The van der Waals surface area contributed by atoms with Crippen LogP contribution >= 0.6 is 11.8 Å². The molecule has 0 unspecified atom stereocenters. The average molecular weight is 462 g/mol. The fourth-order valence-corrected chi connectivity index (χ4v) is 4.45. The molecule has 0 atom stereocenters. The number of aromatic nitrogens is 3. The molecule has 2 aromatic heterocycles. The lowest BCUT2D eigenvalue weighted by molar-refractivity contribution is -0.116. The molecular formula is C25H27N5O2S. The molecule has 33 heavy (non-hydrogen) atoms. The number of rotatable bonds is 9. The normalized spacial score (nSPS) is 11.0. The number of anilines is 3. The van der Waals surface area contributed by atoms with Crippen LogP contribution in [0.1, 0.15) is 20.8 Å². The maximum absolute atomic E-state index is 13.2. The summed E-state index contributed by atoms with van der Waals surface area (Å²) < 4.78 is 7.42. The van der Waals surface area contributed by atoms with E-state index in [1.807, 2.05) is 97.0 Å². The van der Waals surface area contributed by atoms with Crippen molar-refractivity contribution < 1.29 is 9.21 Å². The topological polar surface area (TPSA) is 76.2 Å². The number of carbonyl (C=O) groups excluding carboxylic acids is 1. The molecule has 1 N–H and O–H groups in total. The number of benzene rings is 2. The molecule has 2 aromatic carbocycles. The van der Waals surface area contributed by atoms with Crippen LogP contribution in [0.2, 0.25) is 0 Å². The Labute approximate surface area is 197 Å². The first-order valence-corrected chi connectivity index (χ1v) is 11.9. The van der Waals surface area contributed by atoms with Gasteiger partial charge in [-0.3, -0.25) is 9.36 Å². The fraction of sp³-hybridized carbons (Fsp3) is 0.240. The van der Waals surface area contributed by atoms with Gasteiger partial charge in [0.25, 0.3) is 0 Å². The molecule has 0 saturated carbocycles. The van der Waals surface area contributed by atoms with Crippen LogP contribution in [0.3, 0.4) is 0 Å². The van der Waals surface area contributed by atoms with E-state index in [1.54, 1.807) is 6.26 Å². The van der Waals surface area contributed by atoms with E-state index in [0.29, 0.717) is 23.3 Å². The molecule has 7 nitrogen and oxygen atoms in total. The first-order chi connectivity index (χ1) is 16.1. The number of thioether (sulfide) groups is 1. The maximum Gasteiger partial charge on any atom is 0.237 e. The quantitative estimate of drug-likeness (QED) is 0.316. The van der Waals surface area contributed by atoms with Crippen molar-refractivity contribution in [1.82, 2.24) is 14.8 Å². The minimum absolute atomic E-state index is 0.0176. The Kier molecular flexibility index (Phi) is 7.14. The van der Waals surface area contributed by atoms with Crippen molar-refractivity contribution in [1.29, 1.82) is 0 Å². The van der Waals surface area contributed by atoms with Crippen LogP contribution in [0, 0.1) is 0 Å². The van der Waals surface area contributed by atoms with Gasteiger partial charge in [0.05, 0.1) is 12.0 Å². The Morgan fingerprint density at radius 3 is 2.39 bits per heavy atom. The summed E-state index contributed by atoms with van der Waals surface area (Å²) in [6, 6.07) is 21.6. The lowest BCUT2D eigenvalue weighted by Gasteiger charge is -2.27. The van der Waals surface area contributed by atoms with Gasteiger partial charge in [-0.25, -0.2) is 0 Å². The number of hydrogen-bond donors (Lipinski definition) is 1. The third kappa shape index (κ3) is 5.28. The molecule has 4 aromatic rings. The average Bonchev–Trinajstić information content (AvgIpc) is 3.49. The third-order valence-corrected chi connectivity index (χ3v) is 6.04. The van der Waals surface area contributed by atoms with Crippen LogP contribution < -0.4 is 10.2 Å². The number of furan rings is 1. The lowest BCUT2D eigenvalue weighted by atomic mass is 10.2. The van der Waals surface area contributed by atoms with Gasteiger partial charge in [0, 0.05) is 29.6 Å². The molecule has 0 saturated heterocycles. The molecule has 0 radical (unpaired) electrons. The molecule has 0 bridgehead atoms. The standard InChI is InChI=1S/C25H27N5O2S/c1-4-29-24(22-11-8-16-32-22)27-28-25(29)33-17-23(31)30(18(2)3)21-14-12-20(13-15-21)26-19-9-6-5-7-10-19/h5-16,18,26H,4,17H2,1-3H3. The molecule has 170 valence electrons. The largest absolute Gasteiger partial charge is 0.461 e. The van der Waals surface area contributed by atoms with Gasteiger partial charge in [-0.2, -0.15) is 0 Å². The van der Waals surface area contributed by atoms with Crippen LogP contribution in [-0.4, -0.2) is 32.5 Å². The number of carbonyl (C=O) groups is 1. The summed E-state index contributed by atoms with van der Waals surface area (Å²) in [6.45, 7) is 6.74. The van der Waals surface area contributed by atoms with Crippen LogP contribution in [0.25, 0.3) is 11.6 Å². The van der Waals surface area contributed by atoms with Gasteiger partial charge >= 0.3 is 0 Å². The summed E-state index contributed by atoms with van der Waals surface area (Å²) in [5.74, 6) is 1.61. The monoisotopic (exact) mass is 461 g/mol. The van der Waals surface area contributed by atoms with E-state index in [-0.39, 0.29) is 17.7 Å². The zero-order valence-electron chi connectivity index (χ0n) is 18.9. The Hall–Kier alpha value is -3.52. The SMILES string of the molecule is CCn1c(SCC(=O)N(c2ccc(Nc3ccccc3)cc2)C(C)C)nnc1-c1ccco1. The fourth-order valence-electron chi connectivity index (χ4n) is 3.59. The molecule has 1 amide bonds. The zero-order chi connectivity index (χ0) is 23.2. The highest BCUT2D eigenvalue weighted by Crippen LogP contribution is 2.27. The molecule has 0 aliphatic heterocycles. The Morgan fingerprint density at radius 2 is 1.76 bits per heavy atom. The van der Waals surface area contributed by atoms with Crippen LogP contribution in [0.15, 0.2) is 82.6 Å². The zero-order valence-corrected chi connectivity index (χ0v) is 19.7. The predicted octanol–water partition coefficient (Wildman–Crippen LogP) is 5.84. The molecule has 0 aliphatic rings. The van der Waals surface area contributed by atoms with E-state index in [9.17, 15) is 4.79 Å². The van der Waals surface area contributed by atoms with E-state index < -0.39 is 0 Å². The van der Waals surface area contributed by atoms with Crippen molar-refractivity contribution in [2.24, 2.45) is 0 Å². The van der Waals surface area contributed by atoms with Crippen molar-refractivity contribution in [3.05, 3.63) is 73.0 Å². The van der Waals surface area contributed by atoms with Crippen molar-refractivity contribution in [2.75, 3.05) is 16.0 Å². The van der Waals surface area contributed by atoms with Crippen LogP contribution in [0.4, 0.5) is 17.1 Å². The van der Waals surface area contributed by atoms with E-state index in [4.69, 9.17) is 4.42 Å². The van der Waals surface area contributed by atoms with E-state index in [0.717, 1.165) is 17.1 Å². The summed E-state index contributed by atoms with van der Waals surface area (Å²) in [7, 11) is 0. The van der Waals surface area contributed by atoms with E-state index in [2.05, 4.69) is 15.5 Å². The maximum atomic E-state index is 13.2. The summed E-state index contributed by atoms with van der Waals surface area (Å²) >= 11 is 1.39. The van der Waals surface area contributed by atoms with E-state index >= 15 is 0 Å². The Balaban J connectivity index is 1.45. The van der Waals surface area contributed by atoms with Crippen LogP contribution in [-0.2, 0) is 11.3 Å². The summed E-state index contributed by atoms with van der Waals surface area (Å²) in [4.78, 5) is 15.0. The molecular weight excluding hydrogens is 434 g/mol. The second-order valence-corrected chi connectivity index (χ2v) is 8.65. The van der Waals surface area contributed by atoms with Gasteiger partial charge in [-0.05, 0) is 69.3 Å². The van der Waals surface area contributed by atoms with Crippen molar-refractivity contribution in [3.8, 4) is 11.6 Å².